The van der Waals surface area contributed by atoms with Crippen molar-refractivity contribution in [1.82, 2.24) is 0 Å². The minimum Gasteiger partial charge on any atom is -0.497 e. The van der Waals surface area contributed by atoms with Crippen molar-refractivity contribution in [3.63, 3.8) is 0 Å². The molecular formula is C16H28NO5+. The summed E-state index contributed by atoms with van der Waals surface area (Å²) in [7, 11) is 1.61. The third-order valence-corrected chi connectivity index (χ3v) is 3.87. The van der Waals surface area contributed by atoms with E-state index in [9.17, 15) is 15.3 Å². The topological polar surface area (TPSA) is 95.8 Å². The SMILES string of the molecule is CCC(CO)(CO)[NH2+]C[C@H](O)COCc1cccc(OC)c1. The maximum atomic E-state index is 9.93. The Kier molecular flexibility index (Phi) is 8.37. The Morgan fingerprint density at radius 1 is 1.27 bits per heavy atom. The maximum absolute atomic E-state index is 9.93. The summed E-state index contributed by atoms with van der Waals surface area (Å²) in [5, 5.41) is 30.4. The van der Waals surface area contributed by atoms with E-state index in [1.165, 1.54) is 0 Å². The van der Waals surface area contributed by atoms with Crippen LogP contribution in [-0.4, -0.2) is 60.4 Å². The van der Waals surface area contributed by atoms with Crippen LogP contribution in [0.2, 0.25) is 0 Å². The lowest BCUT2D eigenvalue weighted by Crippen LogP contribution is -3.00. The lowest BCUT2D eigenvalue weighted by Gasteiger charge is -2.27. The lowest BCUT2D eigenvalue weighted by molar-refractivity contribution is -0.736. The number of hydrogen-bond donors (Lipinski definition) is 4. The second kappa shape index (κ2) is 9.76. The molecule has 0 aliphatic heterocycles. The quantitative estimate of drug-likeness (QED) is 0.432. The molecule has 1 aromatic carbocycles. The van der Waals surface area contributed by atoms with Gasteiger partial charge in [0.1, 0.15) is 37.2 Å². The monoisotopic (exact) mass is 314 g/mol. The van der Waals surface area contributed by atoms with Crippen LogP contribution in [0.5, 0.6) is 5.75 Å². The first-order valence-corrected chi connectivity index (χ1v) is 7.54. The van der Waals surface area contributed by atoms with Gasteiger partial charge in [0.05, 0.1) is 20.3 Å². The van der Waals surface area contributed by atoms with Crippen LogP contribution in [-0.2, 0) is 11.3 Å². The van der Waals surface area contributed by atoms with Crippen LogP contribution < -0.4 is 10.1 Å². The van der Waals surface area contributed by atoms with Gasteiger partial charge in [0, 0.05) is 6.42 Å². The Bertz CT molecular complexity index is 414. The fourth-order valence-electron chi connectivity index (χ4n) is 2.08. The van der Waals surface area contributed by atoms with Gasteiger partial charge >= 0.3 is 0 Å². The number of nitrogens with two attached hydrogens (primary N) is 1. The molecule has 0 aliphatic carbocycles. The molecule has 126 valence electrons. The molecule has 0 spiro atoms. The van der Waals surface area contributed by atoms with Gasteiger partial charge in [0.2, 0.25) is 0 Å². The van der Waals surface area contributed by atoms with Crippen LogP contribution in [0.1, 0.15) is 18.9 Å². The van der Waals surface area contributed by atoms with Gasteiger partial charge in [-0.25, -0.2) is 0 Å². The second-order valence-electron chi connectivity index (χ2n) is 5.49. The smallest absolute Gasteiger partial charge is 0.142 e. The highest BCUT2D eigenvalue weighted by Gasteiger charge is 2.30. The summed E-state index contributed by atoms with van der Waals surface area (Å²) >= 11 is 0. The highest BCUT2D eigenvalue weighted by molar-refractivity contribution is 5.27. The molecule has 5 N–H and O–H groups in total. The van der Waals surface area contributed by atoms with Gasteiger partial charge in [-0.3, -0.25) is 0 Å². The summed E-state index contributed by atoms with van der Waals surface area (Å²) in [6, 6.07) is 7.57. The molecule has 0 radical (unpaired) electrons. The molecule has 6 nitrogen and oxygen atoms in total. The van der Waals surface area contributed by atoms with Crippen molar-refractivity contribution in [2.24, 2.45) is 0 Å². The van der Waals surface area contributed by atoms with Crippen LogP contribution in [0.4, 0.5) is 0 Å². The number of rotatable bonds is 11. The van der Waals surface area contributed by atoms with E-state index in [-0.39, 0.29) is 19.8 Å². The molecule has 0 fully saturated rings. The van der Waals surface area contributed by atoms with Crippen molar-refractivity contribution in [3.05, 3.63) is 29.8 Å². The fraction of sp³-hybridized carbons (Fsp3) is 0.625. The molecular weight excluding hydrogens is 286 g/mol. The first-order valence-electron chi connectivity index (χ1n) is 7.54. The molecule has 1 atom stereocenters. The van der Waals surface area contributed by atoms with Crippen molar-refractivity contribution in [2.45, 2.75) is 31.6 Å². The molecule has 0 saturated heterocycles. The molecule has 1 aromatic rings. The number of aliphatic hydroxyl groups excluding tert-OH is 3. The summed E-state index contributed by atoms with van der Waals surface area (Å²) in [6.45, 7) is 2.61. The average Bonchev–Trinajstić information content (AvgIpc) is 2.57. The second-order valence-corrected chi connectivity index (χ2v) is 5.49. The van der Waals surface area contributed by atoms with E-state index in [2.05, 4.69) is 0 Å². The Morgan fingerprint density at radius 2 is 2.00 bits per heavy atom. The standard InChI is InChI=1S/C16H27NO5/c1-3-16(11-18,12-19)17-8-14(20)10-22-9-13-5-4-6-15(7-13)21-2/h4-7,14,17-20H,3,8-12H2,1-2H3/p+1/t14-/m0/s1. The third kappa shape index (κ3) is 5.90. The van der Waals surface area contributed by atoms with Gasteiger partial charge < -0.3 is 30.1 Å². The van der Waals surface area contributed by atoms with Gasteiger partial charge in [0.25, 0.3) is 0 Å². The van der Waals surface area contributed by atoms with Crippen molar-refractivity contribution in [2.75, 3.05) is 33.5 Å². The molecule has 0 amide bonds. The number of hydrogen-bond acceptors (Lipinski definition) is 5. The minimum absolute atomic E-state index is 0.128. The molecule has 0 heterocycles. The van der Waals surface area contributed by atoms with Gasteiger partial charge in [-0.05, 0) is 17.7 Å². The van der Waals surface area contributed by atoms with E-state index >= 15 is 0 Å². The normalized spacial score (nSPS) is 13.1. The molecule has 0 saturated carbocycles. The van der Waals surface area contributed by atoms with Crippen LogP contribution in [0.15, 0.2) is 24.3 Å². The summed E-state index contributed by atoms with van der Waals surface area (Å²) < 4.78 is 10.6. The van der Waals surface area contributed by atoms with Gasteiger partial charge in [0.15, 0.2) is 0 Å². The van der Waals surface area contributed by atoms with Crippen molar-refractivity contribution >= 4 is 0 Å². The van der Waals surface area contributed by atoms with E-state index in [1.54, 1.807) is 12.4 Å². The maximum Gasteiger partial charge on any atom is 0.142 e. The van der Waals surface area contributed by atoms with E-state index in [4.69, 9.17) is 9.47 Å². The molecule has 6 heteroatoms. The average molecular weight is 314 g/mol. The van der Waals surface area contributed by atoms with Crippen molar-refractivity contribution < 1.29 is 30.1 Å². The van der Waals surface area contributed by atoms with Crippen molar-refractivity contribution in [1.29, 1.82) is 0 Å². The molecule has 0 unspecified atom stereocenters. The number of ether oxygens (including phenoxy) is 2. The predicted molar refractivity (Wildman–Crippen MR) is 82.6 cm³/mol. The van der Waals surface area contributed by atoms with Crippen LogP contribution >= 0.6 is 0 Å². The Morgan fingerprint density at radius 3 is 2.59 bits per heavy atom. The number of methoxy groups -OCH3 is 1. The number of quaternary nitrogens is 1. The first-order chi connectivity index (χ1) is 10.6. The Hall–Kier alpha value is -1.18. The third-order valence-electron chi connectivity index (χ3n) is 3.87. The highest BCUT2D eigenvalue weighted by Crippen LogP contribution is 2.13. The predicted octanol–water partition coefficient (Wildman–Crippen LogP) is -0.730. The Balaban J connectivity index is 2.32. The zero-order valence-corrected chi connectivity index (χ0v) is 13.4. The number of benzene rings is 1. The van der Waals surface area contributed by atoms with E-state index in [0.29, 0.717) is 19.6 Å². The summed E-state index contributed by atoms with van der Waals surface area (Å²) in [5.41, 5.74) is 0.345. The lowest BCUT2D eigenvalue weighted by atomic mass is 9.98. The molecule has 1 rings (SSSR count). The largest absolute Gasteiger partial charge is 0.497 e. The number of aliphatic hydroxyl groups is 3. The minimum atomic E-state index is -0.658. The molecule has 0 aromatic heterocycles. The molecule has 0 aliphatic rings. The first kappa shape index (κ1) is 18.9. The van der Waals surface area contributed by atoms with Gasteiger partial charge in [-0.15, -0.1) is 0 Å². The van der Waals surface area contributed by atoms with Crippen LogP contribution in [0, 0.1) is 0 Å². The Labute approximate surface area is 131 Å². The molecule has 0 bridgehead atoms. The van der Waals surface area contributed by atoms with Gasteiger partial charge in [-0.2, -0.15) is 0 Å². The summed E-state index contributed by atoms with van der Waals surface area (Å²) in [4.78, 5) is 0. The van der Waals surface area contributed by atoms with Crippen LogP contribution in [0.25, 0.3) is 0 Å². The van der Waals surface area contributed by atoms with E-state index < -0.39 is 11.6 Å². The summed E-state index contributed by atoms with van der Waals surface area (Å²) in [5.74, 6) is 0.772. The molecule has 22 heavy (non-hydrogen) atoms. The summed E-state index contributed by atoms with van der Waals surface area (Å²) in [6.07, 6.45) is -0.0353. The van der Waals surface area contributed by atoms with Crippen molar-refractivity contribution in [3.8, 4) is 5.75 Å². The van der Waals surface area contributed by atoms with E-state index in [0.717, 1.165) is 11.3 Å². The van der Waals surface area contributed by atoms with Crippen LogP contribution in [0.3, 0.4) is 0 Å². The zero-order valence-electron chi connectivity index (χ0n) is 13.4. The van der Waals surface area contributed by atoms with E-state index in [1.807, 2.05) is 31.2 Å². The fourth-order valence-corrected chi connectivity index (χ4v) is 2.08. The van der Waals surface area contributed by atoms with Gasteiger partial charge in [-0.1, -0.05) is 19.1 Å². The highest BCUT2D eigenvalue weighted by atomic mass is 16.5. The zero-order chi connectivity index (χ0) is 16.4.